The van der Waals surface area contributed by atoms with E-state index in [0.29, 0.717) is 23.3 Å². The Morgan fingerprint density at radius 3 is 3.00 bits per heavy atom. The molecule has 0 atom stereocenters. The number of carbonyl (C=O) groups is 1. The number of H-pyrrole nitrogens is 1. The van der Waals surface area contributed by atoms with Gasteiger partial charge in [-0.3, -0.25) is 10.1 Å². The molecule has 110 valence electrons. The molecule has 0 unspecified atom stereocenters. The molecule has 7 nitrogen and oxygen atoms in total. The number of hydrogen-bond acceptors (Lipinski definition) is 5. The second-order valence-corrected chi connectivity index (χ2v) is 4.07. The van der Waals surface area contributed by atoms with Gasteiger partial charge in [-0.25, -0.2) is 9.78 Å². The van der Waals surface area contributed by atoms with Gasteiger partial charge in [0.2, 0.25) is 0 Å². The number of fused-ring (bicyclic) bond motifs is 1. The third-order valence-electron chi connectivity index (χ3n) is 2.59. The molecule has 21 heavy (non-hydrogen) atoms. The second kappa shape index (κ2) is 7.20. The topological polar surface area (TPSA) is 93.3 Å². The van der Waals surface area contributed by atoms with E-state index in [4.69, 9.17) is 9.47 Å². The van der Waals surface area contributed by atoms with Gasteiger partial charge in [0.25, 0.3) is 5.56 Å². The Balaban J connectivity index is 2.01. The number of amides is 1. The van der Waals surface area contributed by atoms with Gasteiger partial charge in [-0.1, -0.05) is 12.1 Å². The van der Waals surface area contributed by atoms with Gasteiger partial charge >= 0.3 is 6.09 Å². The zero-order valence-corrected chi connectivity index (χ0v) is 11.5. The van der Waals surface area contributed by atoms with Crippen molar-refractivity contribution in [2.75, 3.05) is 20.3 Å². The van der Waals surface area contributed by atoms with Gasteiger partial charge in [-0.05, 0) is 18.2 Å². The summed E-state index contributed by atoms with van der Waals surface area (Å²) < 4.78 is 9.54. The number of ether oxygens (including phenoxy) is 2. The van der Waals surface area contributed by atoms with Crippen molar-refractivity contribution < 1.29 is 14.3 Å². The molecule has 0 saturated heterocycles. The SMILES string of the molecule is COCCOC(=O)N/C=C\c1nc2ccccc2c(=O)[nH]1. The van der Waals surface area contributed by atoms with Crippen LogP contribution in [0.4, 0.5) is 4.79 Å². The van der Waals surface area contributed by atoms with Crippen molar-refractivity contribution in [1.29, 1.82) is 0 Å². The van der Waals surface area contributed by atoms with Crippen molar-refractivity contribution in [2.45, 2.75) is 0 Å². The van der Waals surface area contributed by atoms with E-state index < -0.39 is 6.09 Å². The molecule has 0 spiro atoms. The van der Waals surface area contributed by atoms with Crippen LogP contribution in [-0.4, -0.2) is 36.4 Å². The van der Waals surface area contributed by atoms with Crippen LogP contribution in [0.5, 0.6) is 0 Å². The summed E-state index contributed by atoms with van der Waals surface area (Å²) in [4.78, 5) is 29.9. The second-order valence-electron chi connectivity index (χ2n) is 4.07. The predicted molar refractivity (Wildman–Crippen MR) is 77.8 cm³/mol. The number of nitrogens with zero attached hydrogens (tertiary/aromatic N) is 1. The maximum Gasteiger partial charge on any atom is 0.411 e. The Morgan fingerprint density at radius 1 is 1.38 bits per heavy atom. The lowest BCUT2D eigenvalue weighted by Gasteiger charge is -2.02. The molecule has 1 amide bonds. The molecule has 2 rings (SSSR count). The Kier molecular flexibility index (Phi) is 5.05. The van der Waals surface area contributed by atoms with Crippen LogP contribution in [0.3, 0.4) is 0 Å². The fraction of sp³-hybridized carbons (Fsp3) is 0.214. The first-order chi connectivity index (χ1) is 10.2. The first kappa shape index (κ1) is 14.7. The zero-order valence-electron chi connectivity index (χ0n) is 11.5. The third kappa shape index (κ3) is 4.15. The monoisotopic (exact) mass is 289 g/mol. The lowest BCUT2D eigenvalue weighted by molar-refractivity contribution is 0.101. The molecule has 0 radical (unpaired) electrons. The smallest absolute Gasteiger partial charge is 0.411 e. The highest BCUT2D eigenvalue weighted by Gasteiger charge is 2.01. The van der Waals surface area contributed by atoms with Crippen LogP contribution in [0.15, 0.2) is 35.3 Å². The van der Waals surface area contributed by atoms with Crippen LogP contribution in [0.2, 0.25) is 0 Å². The van der Waals surface area contributed by atoms with E-state index in [1.54, 1.807) is 24.3 Å². The molecule has 7 heteroatoms. The highest BCUT2D eigenvalue weighted by molar-refractivity contribution is 5.78. The summed E-state index contributed by atoms with van der Waals surface area (Å²) in [6.07, 6.45) is 2.22. The Labute approximate surface area is 120 Å². The highest BCUT2D eigenvalue weighted by Crippen LogP contribution is 2.05. The average Bonchev–Trinajstić information content (AvgIpc) is 2.48. The molecular weight excluding hydrogens is 274 g/mol. The number of nitrogens with one attached hydrogen (secondary N) is 2. The Hall–Kier alpha value is -2.67. The summed E-state index contributed by atoms with van der Waals surface area (Å²) in [5.74, 6) is 0.343. The summed E-state index contributed by atoms with van der Waals surface area (Å²) in [6, 6.07) is 7.01. The quantitative estimate of drug-likeness (QED) is 0.808. The Bertz CT molecular complexity index is 709. The predicted octanol–water partition coefficient (Wildman–Crippen LogP) is 1.27. The van der Waals surface area contributed by atoms with E-state index >= 15 is 0 Å². The normalized spacial score (nSPS) is 10.9. The maximum atomic E-state index is 11.8. The number of alkyl carbamates (subject to hydrolysis) is 1. The summed E-state index contributed by atoms with van der Waals surface area (Å²) >= 11 is 0. The van der Waals surface area contributed by atoms with Crippen LogP contribution >= 0.6 is 0 Å². The lowest BCUT2D eigenvalue weighted by Crippen LogP contribution is -2.20. The molecule has 0 aliphatic rings. The summed E-state index contributed by atoms with van der Waals surface area (Å²) in [6.45, 7) is 0.498. The van der Waals surface area contributed by atoms with Gasteiger partial charge in [-0.2, -0.15) is 0 Å². The maximum absolute atomic E-state index is 11.8. The molecule has 0 bridgehead atoms. The fourth-order valence-corrected chi connectivity index (χ4v) is 1.63. The van der Waals surface area contributed by atoms with E-state index in [2.05, 4.69) is 15.3 Å². The fourth-order valence-electron chi connectivity index (χ4n) is 1.63. The van der Waals surface area contributed by atoms with Gasteiger partial charge in [-0.15, -0.1) is 0 Å². The van der Waals surface area contributed by atoms with Gasteiger partial charge in [0.1, 0.15) is 12.4 Å². The first-order valence-electron chi connectivity index (χ1n) is 6.28. The molecule has 2 N–H and O–H groups in total. The van der Waals surface area contributed by atoms with Crippen molar-refractivity contribution in [3.8, 4) is 0 Å². The minimum absolute atomic E-state index is 0.168. The van der Waals surface area contributed by atoms with Crippen LogP contribution in [0.1, 0.15) is 5.82 Å². The van der Waals surface area contributed by atoms with Crippen LogP contribution in [0, 0.1) is 0 Å². The molecule has 0 aliphatic heterocycles. The van der Waals surface area contributed by atoms with Gasteiger partial charge in [0.05, 0.1) is 17.5 Å². The van der Waals surface area contributed by atoms with Gasteiger partial charge in [0.15, 0.2) is 0 Å². The minimum Gasteiger partial charge on any atom is -0.447 e. The zero-order chi connectivity index (χ0) is 15.1. The third-order valence-corrected chi connectivity index (χ3v) is 2.59. The van der Waals surface area contributed by atoms with Crippen molar-refractivity contribution in [3.63, 3.8) is 0 Å². The van der Waals surface area contributed by atoms with Crippen molar-refractivity contribution >= 4 is 23.1 Å². The first-order valence-corrected chi connectivity index (χ1v) is 6.28. The van der Waals surface area contributed by atoms with E-state index in [9.17, 15) is 9.59 Å². The average molecular weight is 289 g/mol. The summed E-state index contributed by atoms with van der Waals surface area (Å²) in [5, 5.41) is 2.91. The molecular formula is C14H15N3O4. The standard InChI is InChI=1S/C14H15N3O4/c1-20-8-9-21-14(19)15-7-6-12-16-11-5-3-2-4-10(11)13(18)17-12/h2-7H,8-9H2,1H3,(H,15,19)(H,16,17,18)/b7-6-. The molecule has 1 heterocycles. The number of rotatable bonds is 5. The van der Waals surface area contributed by atoms with Crippen molar-refractivity contribution in [2.24, 2.45) is 0 Å². The van der Waals surface area contributed by atoms with Crippen LogP contribution < -0.4 is 10.9 Å². The molecule has 0 aliphatic carbocycles. The molecule has 0 saturated carbocycles. The van der Waals surface area contributed by atoms with Crippen LogP contribution in [-0.2, 0) is 9.47 Å². The van der Waals surface area contributed by atoms with Crippen molar-refractivity contribution in [3.05, 3.63) is 46.6 Å². The number of methoxy groups -OCH3 is 1. The summed E-state index contributed by atoms with van der Waals surface area (Å²) in [5.41, 5.74) is 0.353. The van der Waals surface area contributed by atoms with E-state index in [-0.39, 0.29) is 12.2 Å². The minimum atomic E-state index is -0.605. The van der Waals surface area contributed by atoms with E-state index in [1.807, 2.05) is 0 Å². The molecule has 2 aromatic rings. The molecule has 0 fully saturated rings. The number of hydrogen-bond donors (Lipinski definition) is 2. The summed E-state index contributed by atoms with van der Waals surface area (Å²) in [7, 11) is 1.52. The number of para-hydroxylation sites is 1. The molecule has 1 aromatic heterocycles. The number of benzene rings is 1. The lowest BCUT2D eigenvalue weighted by atomic mass is 10.2. The van der Waals surface area contributed by atoms with E-state index in [0.717, 1.165) is 0 Å². The number of aromatic amines is 1. The van der Waals surface area contributed by atoms with Crippen molar-refractivity contribution in [1.82, 2.24) is 15.3 Å². The largest absolute Gasteiger partial charge is 0.447 e. The molecule has 1 aromatic carbocycles. The van der Waals surface area contributed by atoms with Gasteiger partial charge < -0.3 is 14.5 Å². The number of aromatic nitrogens is 2. The van der Waals surface area contributed by atoms with E-state index in [1.165, 1.54) is 19.4 Å². The Morgan fingerprint density at radius 2 is 2.19 bits per heavy atom. The van der Waals surface area contributed by atoms with Crippen LogP contribution in [0.25, 0.3) is 17.0 Å². The highest BCUT2D eigenvalue weighted by atomic mass is 16.6. The number of carbonyl (C=O) groups excluding carboxylic acids is 1. The van der Waals surface area contributed by atoms with Gasteiger partial charge in [0, 0.05) is 13.3 Å².